The summed E-state index contributed by atoms with van der Waals surface area (Å²) in [6.07, 6.45) is 2.41. The lowest BCUT2D eigenvalue weighted by Gasteiger charge is -2.02. The molecular formula is C6H9N3O. The van der Waals surface area contributed by atoms with Gasteiger partial charge in [0.2, 0.25) is 0 Å². The molecular weight excluding hydrogens is 130 g/mol. The fourth-order valence-corrected chi connectivity index (χ4v) is 0.588. The van der Waals surface area contributed by atoms with Crippen molar-refractivity contribution in [2.24, 2.45) is 5.73 Å². The highest BCUT2D eigenvalue weighted by Gasteiger charge is 2.05. The summed E-state index contributed by atoms with van der Waals surface area (Å²) in [6.45, 7) is 0.157. The molecule has 54 valence electrons. The Bertz CT molecular complexity index is 189. The SMILES string of the molecule is NCC(O)c1ncccn1. The molecule has 3 N–H and O–H groups in total. The van der Waals surface area contributed by atoms with E-state index in [1.54, 1.807) is 18.5 Å². The van der Waals surface area contributed by atoms with Gasteiger partial charge in [0.05, 0.1) is 0 Å². The van der Waals surface area contributed by atoms with Gasteiger partial charge in [0.25, 0.3) is 0 Å². The molecule has 0 bridgehead atoms. The Kier molecular flexibility index (Phi) is 2.30. The number of aliphatic hydroxyl groups is 1. The Morgan fingerprint density at radius 3 is 2.60 bits per heavy atom. The molecule has 0 aromatic carbocycles. The normalized spacial score (nSPS) is 13.0. The lowest BCUT2D eigenvalue weighted by atomic mass is 10.3. The van der Waals surface area contributed by atoms with Crippen LogP contribution in [0, 0.1) is 0 Å². The zero-order valence-electron chi connectivity index (χ0n) is 5.44. The van der Waals surface area contributed by atoms with Crippen LogP contribution in [0.5, 0.6) is 0 Å². The van der Waals surface area contributed by atoms with Gasteiger partial charge in [-0.25, -0.2) is 9.97 Å². The second-order valence-electron chi connectivity index (χ2n) is 1.86. The van der Waals surface area contributed by atoms with Gasteiger partial charge in [-0.2, -0.15) is 0 Å². The predicted octanol–water partition coefficient (Wildman–Crippen LogP) is -0.531. The highest BCUT2D eigenvalue weighted by Crippen LogP contribution is 2.01. The second kappa shape index (κ2) is 3.24. The van der Waals surface area contributed by atoms with Crippen molar-refractivity contribution in [3.63, 3.8) is 0 Å². The molecule has 0 amide bonds. The molecule has 0 aliphatic rings. The minimum absolute atomic E-state index is 0.157. The number of hydrogen-bond donors (Lipinski definition) is 2. The molecule has 0 aliphatic carbocycles. The van der Waals surface area contributed by atoms with Crippen LogP contribution in [0.2, 0.25) is 0 Å². The van der Waals surface area contributed by atoms with E-state index in [0.717, 1.165) is 0 Å². The van der Waals surface area contributed by atoms with E-state index in [9.17, 15) is 0 Å². The summed E-state index contributed by atoms with van der Waals surface area (Å²) in [7, 11) is 0. The smallest absolute Gasteiger partial charge is 0.158 e. The number of rotatable bonds is 2. The first-order chi connectivity index (χ1) is 4.84. The Morgan fingerprint density at radius 2 is 2.10 bits per heavy atom. The Balaban J connectivity index is 2.75. The van der Waals surface area contributed by atoms with Gasteiger partial charge in [0.1, 0.15) is 6.10 Å². The third-order valence-corrected chi connectivity index (χ3v) is 1.11. The summed E-state index contributed by atoms with van der Waals surface area (Å²) < 4.78 is 0. The van der Waals surface area contributed by atoms with Crippen LogP contribution in [0.15, 0.2) is 18.5 Å². The fraction of sp³-hybridized carbons (Fsp3) is 0.333. The molecule has 0 saturated heterocycles. The number of nitrogens with zero attached hydrogens (tertiary/aromatic N) is 2. The Labute approximate surface area is 58.7 Å². The van der Waals surface area contributed by atoms with Gasteiger partial charge in [-0.1, -0.05) is 0 Å². The molecule has 0 spiro atoms. The number of aromatic nitrogens is 2. The van der Waals surface area contributed by atoms with Crippen LogP contribution in [0.4, 0.5) is 0 Å². The predicted molar refractivity (Wildman–Crippen MR) is 36.0 cm³/mol. The van der Waals surface area contributed by atoms with Crippen LogP contribution in [0.25, 0.3) is 0 Å². The van der Waals surface area contributed by atoms with Crippen LogP contribution >= 0.6 is 0 Å². The van der Waals surface area contributed by atoms with Crippen molar-refractivity contribution in [1.29, 1.82) is 0 Å². The van der Waals surface area contributed by atoms with E-state index in [-0.39, 0.29) is 6.54 Å². The molecule has 0 fully saturated rings. The van der Waals surface area contributed by atoms with Gasteiger partial charge < -0.3 is 10.8 Å². The first-order valence-corrected chi connectivity index (χ1v) is 2.99. The van der Waals surface area contributed by atoms with Gasteiger partial charge in [-0.3, -0.25) is 0 Å². The summed E-state index contributed by atoms with van der Waals surface area (Å²) in [6, 6.07) is 1.69. The van der Waals surface area contributed by atoms with E-state index in [2.05, 4.69) is 9.97 Å². The molecule has 0 aliphatic heterocycles. The van der Waals surface area contributed by atoms with Crippen LogP contribution in [0.1, 0.15) is 11.9 Å². The standard InChI is InChI=1S/C6H9N3O/c7-4-5(10)6-8-2-1-3-9-6/h1-3,5,10H,4,7H2. The first kappa shape index (κ1) is 7.11. The topological polar surface area (TPSA) is 72.0 Å². The van der Waals surface area contributed by atoms with Crippen molar-refractivity contribution in [2.45, 2.75) is 6.10 Å². The van der Waals surface area contributed by atoms with Crippen molar-refractivity contribution >= 4 is 0 Å². The van der Waals surface area contributed by atoms with E-state index in [1.165, 1.54) is 0 Å². The second-order valence-corrected chi connectivity index (χ2v) is 1.86. The third-order valence-electron chi connectivity index (χ3n) is 1.11. The van der Waals surface area contributed by atoms with Crippen molar-refractivity contribution in [1.82, 2.24) is 9.97 Å². The minimum Gasteiger partial charge on any atom is -0.384 e. The summed E-state index contributed by atoms with van der Waals surface area (Å²) in [5.41, 5.74) is 5.17. The minimum atomic E-state index is -0.735. The maximum absolute atomic E-state index is 9.08. The van der Waals surface area contributed by atoms with Crippen molar-refractivity contribution in [2.75, 3.05) is 6.54 Å². The summed E-state index contributed by atoms with van der Waals surface area (Å²) in [5, 5.41) is 9.08. The lowest BCUT2D eigenvalue weighted by molar-refractivity contribution is 0.176. The highest BCUT2D eigenvalue weighted by atomic mass is 16.3. The molecule has 0 radical (unpaired) electrons. The maximum Gasteiger partial charge on any atom is 0.158 e. The maximum atomic E-state index is 9.08. The molecule has 1 atom stereocenters. The van der Waals surface area contributed by atoms with Crippen molar-refractivity contribution in [3.8, 4) is 0 Å². The summed E-state index contributed by atoms with van der Waals surface area (Å²) >= 11 is 0. The lowest BCUT2D eigenvalue weighted by Crippen LogP contribution is -2.13. The van der Waals surface area contributed by atoms with Crippen molar-refractivity contribution < 1.29 is 5.11 Å². The summed E-state index contributed by atoms with van der Waals surface area (Å²) in [5.74, 6) is 0.380. The van der Waals surface area contributed by atoms with Gasteiger partial charge >= 0.3 is 0 Å². The zero-order valence-corrected chi connectivity index (χ0v) is 5.44. The molecule has 1 aromatic rings. The number of nitrogens with two attached hydrogens (primary N) is 1. The largest absolute Gasteiger partial charge is 0.384 e. The number of aliphatic hydroxyl groups excluding tert-OH is 1. The van der Waals surface area contributed by atoms with Crippen LogP contribution in [0.3, 0.4) is 0 Å². The number of hydrogen-bond acceptors (Lipinski definition) is 4. The Hall–Kier alpha value is -1.00. The molecule has 1 unspecified atom stereocenters. The van der Waals surface area contributed by atoms with E-state index in [1.807, 2.05) is 0 Å². The van der Waals surface area contributed by atoms with Crippen LogP contribution in [-0.2, 0) is 0 Å². The quantitative estimate of drug-likeness (QED) is 0.577. The average molecular weight is 139 g/mol. The molecule has 4 nitrogen and oxygen atoms in total. The Morgan fingerprint density at radius 1 is 1.50 bits per heavy atom. The van der Waals surface area contributed by atoms with Crippen LogP contribution < -0.4 is 5.73 Å². The molecule has 1 rings (SSSR count). The van der Waals surface area contributed by atoms with Gasteiger partial charge in [-0.05, 0) is 6.07 Å². The summed E-state index contributed by atoms with van der Waals surface area (Å²) in [4.78, 5) is 7.62. The first-order valence-electron chi connectivity index (χ1n) is 2.99. The molecule has 4 heteroatoms. The fourth-order valence-electron chi connectivity index (χ4n) is 0.588. The molecule has 10 heavy (non-hydrogen) atoms. The van der Waals surface area contributed by atoms with Gasteiger partial charge in [0, 0.05) is 18.9 Å². The molecule has 0 saturated carbocycles. The van der Waals surface area contributed by atoms with Gasteiger partial charge in [-0.15, -0.1) is 0 Å². The van der Waals surface area contributed by atoms with E-state index in [0.29, 0.717) is 5.82 Å². The highest BCUT2D eigenvalue weighted by molar-refractivity contribution is 4.92. The van der Waals surface area contributed by atoms with E-state index < -0.39 is 6.10 Å². The monoisotopic (exact) mass is 139 g/mol. The van der Waals surface area contributed by atoms with Crippen molar-refractivity contribution in [3.05, 3.63) is 24.3 Å². The van der Waals surface area contributed by atoms with E-state index >= 15 is 0 Å². The van der Waals surface area contributed by atoms with Crippen LogP contribution in [-0.4, -0.2) is 21.6 Å². The zero-order chi connectivity index (χ0) is 7.40. The molecule has 1 heterocycles. The van der Waals surface area contributed by atoms with E-state index in [4.69, 9.17) is 10.8 Å². The molecule has 1 aromatic heterocycles. The van der Waals surface area contributed by atoms with Gasteiger partial charge in [0.15, 0.2) is 5.82 Å². The third kappa shape index (κ3) is 1.49. The average Bonchev–Trinajstić information content (AvgIpc) is 2.05.